The standard InChI is InChI=1S/C14H19BrN2O/c1-10-7-13(15)5-4-11(10)9-17-14(18)12-3-2-6-16-8-12/h4-5,7,12,16H,2-3,6,8-9H2,1H3,(H,17,18). The van der Waals surface area contributed by atoms with Crippen molar-refractivity contribution in [2.24, 2.45) is 5.92 Å². The zero-order valence-corrected chi connectivity index (χ0v) is 12.2. The molecule has 2 N–H and O–H groups in total. The average Bonchev–Trinajstić information content (AvgIpc) is 2.38. The Hall–Kier alpha value is -0.870. The summed E-state index contributed by atoms with van der Waals surface area (Å²) < 4.78 is 1.08. The van der Waals surface area contributed by atoms with Gasteiger partial charge in [0, 0.05) is 17.6 Å². The predicted octanol–water partition coefficient (Wildman–Crippen LogP) is 2.37. The molecule has 98 valence electrons. The van der Waals surface area contributed by atoms with Crippen molar-refractivity contribution in [2.75, 3.05) is 13.1 Å². The number of piperidine rings is 1. The molecule has 4 heteroatoms. The topological polar surface area (TPSA) is 41.1 Å². The van der Waals surface area contributed by atoms with Gasteiger partial charge in [0.25, 0.3) is 0 Å². The molecular weight excluding hydrogens is 292 g/mol. The molecule has 1 atom stereocenters. The average molecular weight is 311 g/mol. The van der Waals surface area contributed by atoms with Crippen molar-refractivity contribution in [1.29, 1.82) is 0 Å². The van der Waals surface area contributed by atoms with Gasteiger partial charge < -0.3 is 10.6 Å². The van der Waals surface area contributed by atoms with Crippen molar-refractivity contribution in [3.63, 3.8) is 0 Å². The van der Waals surface area contributed by atoms with Crippen LogP contribution in [0.2, 0.25) is 0 Å². The van der Waals surface area contributed by atoms with Crippen molar-refractivity contribution in [2.45, 2.75) is 26.3 Å². The second-order valence-corrected chi connectivity index (χ2v) is 5.75. The van der Waals surface area contributed by atoms with Gasteiger partial charge in [0.1, 0.15) is 0 Å². The second kappa shape index (κ2) is 6.34. The maximum atomic E-state index is 12.0. The SMILES string of the molecule is Cc1cc(Br)ccc1CNC(=O)C1CCCNC1. The summed E-state index contributed by atoms with van der Waals surface area (Å²) in [6, 6.07) is 6.14. The first-order valence-corrected chi connectivity index (χ1v) is 7.19. The van der Waals surface area contributed by atoms with Gasteiger partial charge in [-0.2, -0.15) is 0 Å². The summed E-state index contributed by atoms with van der Waals surface area (Å²) in [5.74, 6) is 0.305. The zero-order valence-electron chi connectivity index (χ0n) is 10.6. The molecule has 1 saturated heterocycles. The molecule has 0 saturated carbocycles. The van der Waals surface area contributed by atoms with E-state index in [1.165, 1.54) is 11.1 Å². The highest BCUT2D eigenvalue weighted by atomic mass is 79.9. The van der Waals surface area contributed by atoms with E-state index in [1.807, 2.05) is 6.07 Å². The molecule has 3 nitrogen and oxygen atoms in total. The van der Waals surface area contributed by atoms with Crippen LogP contribution < -0.4 is 10.6 Å². The molecule has 1 amide bonds. The Labute approximate surface area is 116 Å². The number of benzene rings is 1. The number of rotatable bonds is 3. The van der Waals surface area contributed by atoms with Gasteiger partial charge in [0.2, 0.25) is 5.91 Å². The second-order valence-electron chi connectivity index (χ2n) is 4.83. The van der Waals surface area contributed by atoms with Crippen LogP contribution in [-0.2, 0) is 11.3 Å². The van der Waals surface area contributed by atoms with Gasteiger partial charge in [-0.25, -0.2) is 0 Å². The summed E-state index contributed by atoms with van der Waals surface area (Å²) >= 11 is 3.44. The van der Waals surface area contributed by atoms with E-state index in [9.17, 15) is 4.79 Å². The minimum Gasteiger partial charge on any atom is -0.352 e. The molecule has 0 bridgehead atoms. The van der Waals surface area contributed by atoms with Crippen LogP contribution in [0.5, 0.6) is 0 Å². The lowest BCUT2D eigenvalue weighted by molar-refractivity contribution is -0.125. The van der Waals surface area contributed by atoms with Crippen molar-refractivity contribution in [3.8, 4) is 0 Å². The lowest BCUT2D eigenvalue weighted by Crippen LogP contribution is -2.40. The van der Waals surface area contributed by atoms with E-state index in [0.29, 0.717) is 6.54 Å². The van der Waals surface area contributed by atoms with E-state index in [1.54, 1.807) is 0 Å². The first-order chi connectivity index (χ1) is 8.66. The number of carbonyl (C=O) groups is 1. The van der Waals surface area contributed by atoms with Crippen LogP contribution in [0.4, 0.5) is 0 Å². The monoisotopic (exact) mass is 310 g/mol. The predicted molar refractivity (Wildman–Crippen MR) is 76.3 cm³/mol. The first-order valence-electron chi connectivity index (χ1n) is 6.40. The fourth-order valence-electron chi connectivity index (χ4n) is 2.26. The molecule has 1 fully saturated rings. The smallest absolute Gasteiger partial charge is 0.224 e. The minimum atomic E-state index is 0.134. The van der Waals surface area contributed by atoms with Crippen LogP contribution in [0.15, 0.2) is 22.7 Å². The van der Waals surface area contributed by atoms with E-state index < -0.39 is 0 Å². The Morgan fingerprint density at radius 1 is 1.56 bits per heavy atom. The number of carbonyl (C=O) groups excluding carboxylic acids is 1. The molecule has 1 unspecified atom stereocenters. The third-order valence-electron chi connectivity index (χ3n) is 3.43. The Morgan fingerprint density at radius 2 is 2.39 bits per heavy atom. The van der Waals surface area contributed by atoms with Crippen LogP contribution in [0, 0.1) is 12.8 Å². The number of nitrogens with one attached hydrogen (secondary N) is 2. The first kappa shape index (κ1) is 13.6. The number of hydrogen-bond acceptors (Lipinski definition) is 2. The molecule has 1 aliphatic heterocycles. The zero-order chi connectivity index (χ0) is 13.0. The highest BCUT2D eigenvalue weighted by Gasteiger charge is 2.20. The minimum absolute atomic E-state index is 0.134. The van der Waals surface area contributed by atoms with Gasteiger partial charge in [0.15, 0.2) is 0 Å². The fraction of sp³-hybridized carbons (Fsp3) is 0.500. The van der Waals surface area contributed by atoms with Crippen LogP contribution in [-0.4, -0.2) is 19.0 Å². The van der Waals surface area contributed by atoms with Gasteiger partial charge in [-0.3, -0.25) is 4.79 Å². The lowest BCUT2D eigenvalue weighted by atomic mass is 9.98. The normalized spacial score (nSPS) is 19.6. The van der Waals surface area contributed by atoms with Crippen LogP contribution in [0.25, 0.3) is 0 Å². The summed E-state index contributed by atoms with van der Waals surface area (Å²) in [6.45, 7) is 4.53. The van der Waals surface area contributed by atoms with E-state index >= 15 is 0 Å². The van der Waals surface area contributed by atoms with Gasteiger partial charge in [-0.15, -0.1) is 0 Å². The molecule has 18 heavy (non-hydrogen) atoms. The lowest BCUT2D eigenvalue weighted by Gasteiger charge is -2.22. The molecular formula is C14H19BrN2O. The number of halogens is 1. The van der Waals surface area contributed by atoms with Crippen LogP contribution >= 0.6 is 15.9 Å². The van der Waals surface area contributed by atoms with Crippen molar-refractivity contribution < 1.29 is 4.79 Å². The summed E-state index contributed by atoms with van der Waals surface area (Å²) in [5, 5.41) is 6.30. The summed E-state index contributed by atoms with van der Waals surface area (Å²) in [4.78, 5) is 12.0. The molecule has 0 radical (unpaired) electrons. The number of aryl methyl sites for hydroxylation is 1. The maximum absolute atomic E-state index is 12.0. The van der Waals surface area contributed by atoms with E-state index in [-0.39, 0.29) is 11.8 Å². The molecule has 0 aliphatic carbocycles. The molecule has 1 aromatic carbocycles. The highest BCUT2D eigenvalue weighted by Crippen LogP contribution is 2.16. The van der Waals surface area contributed by atoms with Crippen LogP contribution in [0.1, 0.15) is 24.0 Å². The van der Waals surface area contributed by atoms with Gasteiger partial charge >= 0.3 is 0 Å². The summed E-state index contributed by atoms with van der Waals surface area (Å²) in [6.07, 6.45) is 2.09. The third kappa shape index (κ3) is 3.56. The van der Waals surface area contributed by atoms with Crippen molar-refractivity contribution >= 4 is 21.8 Å². The summed E-state index contributed by atoms with van der Waals surface area (Å²) in [5.41, 5.74) is 2.38. The van der Waals surface area contributed by atoms with E-state index in [0.717, 1.165) is 30.4 Å². The number of amides is 1. The molecule has 1 heterocycles. The maximum Gasteiger partial charge on any atom is 0.224 e. The Morgan fingerprint density at radius 3 is 3.06 bits per heavy atom. The molecule has 1 aliphatic rings. The number of hydrogen-bond donors (Lipinski definition) is 2. The van der Waals surface area contributed by atoms with Crippen LogP contribution in [0.3, 0.4) is 0 Å². The Kier molecular flexibility index (Phi) is 4.78. The summed E-state index contributed by atoms with van der Waals surface area (Å²) in [7, 11) is 0. The van der Waals surface area contributed by atoms with Crippen molar-refractivity contribution in [3.05, 3.63) is 33.8 Å². The molecule has 1 aromatic rings. The van der Waals surface area contributed by atoms with Crippen molar-refractivity contribution in [1.82, 2.24) is 10.6 Å². The largest absolute Gasteiger partial charge is 0.352 e. The van der Waals surface area contributed by atoms with Gasteiger partial charge in [-0.05, 0) is 49.6 Å². The third-order valence-corrected chi connectivity index (χ3v) is 3.92. The van der Waals surface area contributed by atoms with Gasteiger partial charge in [-0.1, -0.05) is 22.0 Å². The fourth-order valence-corrected chi connectivity index (χ4v) is 2.74. The molecule has 0 aromatic heterocycles. The quantitative estimate of drug-likeness (QED) is 0.900. The van der Waals surface area contributed by atoms with E-state index in [4.69, 9.17) is 0 Å². The molecule has 0 spiro atoms. The highest BCUT2D eigenvalue weighted by molar-refractivity contribution is 9.10. The van der Waals surface area contributed by atoms with Gasteiger partial charge in [0.05, 0.1) is 5.92 Å². The Balaban J connectivity index is 1.88. The molecule has 2 rings (SSSR count). The van der Waals surface area contributed by atoms with E-state index in [2.05, 4.69) is 45.6 Å². The Bertz CT molecular complexity index is 428.